The summed E-state index contributed by atoms with van der Waals surface area (Å²) in [4.78, 5) is 39.5. The van der Waals surface area contributed by atoms with E-state index in [1.54, 1.807) is 48.5 Å². The fourth-order valence-electron chi connectivity index (χ4n) is 3.80. The zero-order chi connectivity index (χ0) is 29.0. The van der Waals surface area contributed by atoms with E-state index in [1.165, 1.54) is 11.8 Å². The maximum Gasteiger partial charge on any atom is 0.272 e. The first-order valence-electron chi connectivity index (χ1n) is 13.1. The van der Waals surface area contributed by atoms with Crippen molar-refractivity contribution in [1.82, 2.24) is 5.32 Å². The highest BCUT2D eigenvalue weighted by molar-refractivity contribution is 8.00. The molecule has 4 aromatic carbocycles. The number of anilines is 2. The van der Waals surface area contributed by atoms with Gasteiger partial charge in [0.1, 0.15) is 11.4 Å². The van der Waals surface area contributed by atoms with E-state index < -0.39 is 11.8 Å². The molecule has 0 radical (unpaired) electrons. The molecule has 0 aliphatic rings. The number of nitrogens with one attached hydrogen (secondary N) is 3. The molecule has 208 valence electrons. The van der Waals surface area contributed by atoms with Crippen LogP contribution in [0.15, 0.2) is 114 Å². The van der Waals surface area contributed by atoms with Gasteiger partial charge in [-0.2, -0.15) is 0 Å². The summed E-state index contributed by atoms with van der Waals surface area (Å²) in [6, 6.07) is 30.8. The molecule has 3 N–H and O–H groups in total. The van der Waals surface area contributed by atoms with Gasteiger partial charge in [0, 0.05) is 27.4 Å². The number of rotatable bonds is 11. The third-order valence-electron chi connectivity index (χ3n) is 5.86. The normalized spacial score (nSPS) is 10.9. The molecular formula is C33H31N3O4S. The Balaban J connectivity index is 1.44. The molecule has 0 saturated carbocycles. The zero-order valence-corrected chi connectivity index (χ0v) is 23.7. The van der Waals surface area contributed by atoms with E-state index in [1.807, 2.05) is 74.5 Å². The van der Waals surface area contributed by atoms with Gasteiger partial charge >= 0.3 is 0 Å². The average molecular weight is 566 g/mol. The van der Waals surface area contributed by atoms with E-state index in [9.17, 15) is 14.4 Å². The molecule has 0 atom stereocenters. The smallest absolute Gasteiger partial charge is 0.272 e. The van der Waals surface area contributed by atoms with Crippen molar-refractivity contribution in [2.75, 3.05) is 23.0 Å². The first kappa shape index (κ1) is 29.2. The molecule has 7 nitrogen and oxygen atoms in total. The maximum absolute atomic E-state index is 13.4. The maximum atomic E-state index is 13.4. The van der Waals surface area contributed by atoms with Crippen LogP contribution in [0.1, 0.15) is 28.4 Å². The molecule has 4 rings (SSSR count). The number of benzene rings is 4. The summed E-state index contributed by atoms with van der Waals surface area (Å²) >= 11 is 1.39. The van der Waals surface area contributed by atoms with Gasteiger partial charge in [-0.15, -0.1) is 11.8 Å². The number of thioether (sulfide) groups is 1. The van der Waals surface area contributed by atoms with Crippen LogP contribution in [0.4, 0.5) is 11.4 Å². The van der Waals surface area contributed by atoms with Crippen LogP contribution >= 0.6 is 11.8 Å². The lowest BCUT2D eigenvalue weighted by Gasteiger charge is -2.13. The average Bonchev–Trinajstić information content (AvgIpc) is 2.99. The number of carbonyl (C=O) groups excluding carboxylic acids is 3. The minimum Gasteiger partial charge on any atom is -0.493 e. The van der Waals surface area contributed by atoms with Crippen LogP contribution in [0.5, 0.6) is 5.75 Å². The molecule has 8 heteroatoms. The van der Waals surface area contributed by atoms with E-state index in [0.717, 1.165) is 16.1 Å². The Kier molecular flexibility index (Phi) is 10.3. The number of para-hydroxylation sites is 1. The lowest BCUT2D eigenvalue weighted by molar-refractivity contribution is -0.114. The Bertz CT molecular complexity index is 1520. The van der Waals surface area contributed by atoms with Gasteiger partial charge in [0.2, 0.25) is 5.91 Å². The Morgan fingerprint density at radius 1 is 0.780 bits per heavy atom. The molecule has 0 fully saturated rings. The van der Waals surface area contributed by atoms with Gasteiger partial charge in [-0.1, -0.05) is 54.1 Å². The van der Waals surface area contributed by atoms with Crippen molar-refractivity contribution in [2.24, 2.45) is 0 Å². The van der Waals surface area contributed by atoms with Gasteiger partial charge < -0.3 is 20.7 Å². The van der Waals surface area contributed by atoms with Gasteiger partial charge in [0.25, 0.3) is 11.8 Å². The fraction of sp³-hybridized carbons (Fsp3) is 0.121. The van der Waals surface area contributed by atoms with Gasteiger partial charge in [0.15, 0.2) is 0 Å². The number of amides is 3. The van der Waals surface area contributed by atoms with E-state index in [-0.39, 0.29) is 17.4 Å². The Labute approximate surface area is 244 Å². The van der Waals surface area contributed by atoms with Gasteiger partial charge in [-0.3, -0.25) is 14.4 Å². The summed E-state index contributed by atoms with van der Waals surface area (Å²) in [5.41, 5.74) is 3.58. The second-order valence-corrected chi connectivity index (χ2v) is 10.1. The van der Waals surface area contributed by atoms with Crippen LogP contribution in [0.25, 0.3) is 6.08 Å². The van der Waals surface area contributed by atoms with Gasteiger partial charge in [-0.25, -0.2) is 0 Å². The van der Waals surface area contributed by atoms with E-state index in [4.69, 9.17) is 4.74 Å². The topological polar surface area (TPSA) is 96.5 Å². The van der Waals surface area contributed by atoms with Crippen LogP contribution in [0.2, 0.25) is 0 Å². The number of ether oxygens (including phenoxy) is 1. The summed E-state index contributed by atoms with van der Waals surface area (Å²) in [7, 11) is 0. The lowest BCUT2D eigenvalue weighted by atomic mass is 10.1. The Morgan fingerprint density at radius 3 is 2.12 bits per heavy atom. The van der Waals surface area contributed by atoms with Crippen LogP contribution in [-0.2, 0) is 9.59 Å². The molecule has 3 amide bonds. The van der Waals surface area contributed by atoms with Gasteiger partial charge in [-0.05, 0) is 74.5 Å². The molecule has 4 aromatic rings. The van der Waals surface area contributed by atoms with E-state index in [2.05, 4.69) is 16.0 Å². The minimum absolute atomic E-state index is 0.0669. The predicted molar refractivity (Wildman–Crippen MR) is 165 cm³/mol. The van der Waals surface area contributed by atoms with Gasteiger partial charge in [0.05, 0.1) is 12.4 Å². The summed E-state index contributed by atoms with van der Waals surface area (Å²) < 4.78 is 5.70. The SMILES string of the molecule is CCOc1ccccc1/C=C(\NC(=O)c1ccccc1)C(=O)Nc1ccc(SCC(=O)Nc2ccc(C)cc2)cc1. The van der Waals surface area contributed by atoms with Crippen LogP contribution < -0.4 is 20.7 Å². The van der Waals surface area contributed by atoms with Crippen molar-refractivity contribution >= 4 is 46.9 Å². The first-order valence-corrected chi connectivity index (χ1v) is 14.1. The van der Waals surface area contributed by atoms with Crippen molar-refractivity contribution in [3.8, 4) is 5.75 Å². The van der Waals surface area contributed by atoms with Crippen LogP contribution in [0, 0.1) is 6.92 Å². The lowest BCUT2D eigenvalue weighted by Crippen LogP contribution is -2.30. The zero-order valence-electron chi connectivity index (χ0n) is 22.8. The summed E-state index contributed by atoms with van der Waals surface area (Å²) in [5.74, 6) is -0.151. The fourth-order valence-corrected chi connectivity index (χ4v) is 4.50. The quantitative estimate of drug-likeness (QED) is 0.142. The van der Waals surface area contributed by atoms with Crippen LogP contribution in [-0.4, -0.2) is 30.1 Å². The standard InChI is InChI=1S/C33H31N3O4S/c1-3-40-30-12-8-7-11-25(30)21-29(36-32(38)24-9-5-4-6-10-24)33(39)35-27-17-19-28(20-18-27)41-22-31(37)34-26-15-13-23(2)14-16-26/h4-21H,3,22H2,1-2H3,(H,34,37)(H,35,39)(H,36,38)/b29-21-. The largest absolute Gasteiger partial charge is 0.493 e. The number of hydrogen-bond donors (Lipinski definition) is 3. The predicted octanol–water partition coefficient (Wildman–Crippen LogP) is 6.53. The summed E-state index contributed by atoms with van der Waals surface area (Å²) in [5, 5.41) is 8.47. The van der Waals surface area contributed by atoms with Crippen molar-refractivity contribution in [3.63, 3.8) is 0 Å². The Morgan fingerprint density at radius 2 is 1.41 bits per heavy atom. The Hall–Kier alpha value is -4.82. The molecule has 41 heavy (non-hydrogen) atoms. The van der Waals surface area contributed by atoms with E-state index in [0.29, 0.717) is 29.2 Å². The summed E-state index contributed by atoms with van der Waals surface area (Å²) in [6.07, 6.45) is 1.60. The second-order valence-electron chi connectivity index (χ2n) is 9.03. The number of hydrogen-bond acceptors (Lipinski definition) is 5. The molecule has 0 heterocycles. The highest BCUT2D eigenvalue weighted by Gasteiger charge is 2.16. The second kappa shape index (κ2) is 14.5. The molecule has 0 spiro atoms. The van der Waals surface area contributed by atoms with Crippen LogP contribution in [0.3, 0.4) is 0 Å². The molecular weight excluding hydrogens is 534 g/mol. The van der Waals surface area contributed by atoms with Crippen molar-refractivity contribution in [1.29, 1.82) is 0 Å². The molecule has 0 bridgehead atoms. The number of aryl methyl sites for hydroxylation is 1. The third-order valence-corrected chi connectivity index (χ3v) is 6.88. The highest BCUT2D eigenvalue weighted by Crippen LogP contribution is 2.23. The first-order chi connectivity index (χ1) is 19.9. The number of carbonyl (C=O) groups is 3. The summed E-state index contributed by atoms with van der Waals surface area (Å²) in [6.45, 7) is 4.33. The third kappa shape index (κ3) is 8.84. The molecule has 0 aliphatic heterocycles. The minimum atomic E-state index is -0.488. The van der Waals surface area contributed by atoms with Crippen molar-refractivity contribution in [3.05, 3.63) is 126 Å². The highest BCUT2D eigenvalue weighted by atomic mass is 32.2. The monoisotopic (exact) mass is 565 g/mol. The molecule has 0 unspecified atom stereocenters. The molecule has 0 saturated heterocycles. The van der Waals surface area contributed by atoms with Crippen molar-refractivity contribution < 1.29 is 19.1 Å². The van der Waals surface area contributed by atoms with E-state index >= 15 is 0 Å². The molecule has 0 aliphatic carbocycles. The van der Waals surface area contributed by atoms with Crippen molar-refractivity contribution in [2.45, 2.75) is 18.7 Å². The molecule has 0 aromatic heterocycles.